The van der Waals surface area contributed by atoms with E-state index in [1.165, 1.54) is 0 Å². The van der Waals surface area contributed by atoms with Gasteiger partial charge in [-0.1, -0.05) is 30.3 Å². The fraction of sp³-hybridized carbons (Fsp3) is 0. The lowest BCUT2D eigenvalue weighted by molar-refractivity contribution is 0.594. The Kier molecular flexibility index (Phi) is 5.23. The molecule has 0 saturated carbocycles. The summed E-state index contributed by atoms with van der Waals surface area (Å²) in [4.78, 5) is 11.6. The number of rotatable bonds is 5. The first-order valence-corrected chi connectivity index (χ1v) is 11.3. The Hall–Kier alpha value is -2.96. The van der Waals surface area contributed by atoms with E-state index in [2.05, 4.69) is 9.97 Å². The van der Waals surface area contributed by atoms with Crippen molar-refractivity contribution in [1.29, 1.82) is 0 Å². The van der Waals surface area contributed by atoms with E-state index in [0.717, 1.165) is 14.7 Å². The van der Waals surface area contributed by atoms with Crippen molar-refractivity contribution >= 4 is 20.7 Å². The monoisotopic (exact) mass is 405 g/mol. The topological polar surface area (TPSA) is 59.9 Å². The molecular weight excluding hydrogens is 388 g/mol. The van der Waals surface area contributed by atoms with Gasteiger partial charge in [0.15, 0.2) is 14.7 Å². The molecule has 0 aliphatic heterocycles. The molecule has 0 aliphatic rings. The van der Waals surface area contributed by atoms with Crippen molar-refractivity contribution in [3.05, 3.63) is 104 Å². The normalized spacial score (nSPS) is 11.5. The molecule has 0 spiro atoms. The summed E-state index contributed by atoms with van der Waals surface area (Å²) in [5, 5.41) is 0. The number of benzene rings is 2. The Morgan fingerprint density at radius 3 is 1.68 bits per heavy atom. The van der Waals surface area contributed by atoms with E-state index in [1.54, 1.807) is 61.2 Å². The van der Waals surface area contributed by atoms with Crippen LogP contribution in [0.4, 0.5) is 0 Å². The smallest absolute Gasteiger partial charge is 0.211 e. The third-order valence-electron chi connectivity index (χ3n) is 4.18. The maximum absolute atomic E-state index is 13.4. The average Bonchev–Trinajstić information content (AvgIpc) is 2.76. The summed E-state index contributed by atoms with van der Waals surface area (Å²) < 4.78 is 26.8. The molecule has 0 fully saturated rings. The molecule has 0 unspecified atom stereocenters. The van der Waals surface area contributed by atoms with Gasteiger partial charge in [0.1, 0.15) is 15.8 Å². The zero-order valence-electron chi connectivity index (χ0n) is 14.8. The second-order valence-corrected chi connectivity index (χ2v) is 9.85. The number of aromatic nitrogens is 2. The van der Waals surface area contributed by atoms with E-state index in [0.29, 0.717) is 4.90 Å². The Morgan fingerprint density at radius 1 is 0.607 bits per heavy atom. The third kappa shape index (κ3) is 3.56. The molecule has 0 radical (unpaired) electrons. The Labute approximate surface area is 167 Å². The minimum atomic E-state index is -3.65. The summed E-state index contributed by atoms with van der Waals surface area (Å²) in [5.41, 5.74) is 0. The molecule has 0 amide bonds. The molecule has 0 bridgehead atoms. The highest BCUT2D eigenvalue weighted by molar-refractivity contribution is 7.98. The van der Waals surface area contributed by atoms with Crippen molar-refractivity contribution in [1.82, 2.24) is 9.97 Å². The molecule has 0 saturated heterocycles. The van der Waals surface area contributed by atoms with E-state index >= 15 is 0 Å². The zero-order valence-corrected chi connectivity index (χ0v) is 16.5. The predicted molar refractivity (Wildman–Crippen MR) is 109 cm³/mol. The van der Waals surface area contributed by atoms with Crippen molar-refractivity contribution in [2.24, 2.45) is 0 Å². The number of pyridine rings is 2. The fourth-order valence-electron chi connectivity index (χ4n) is 2.91. The molecule has 28 heavy (non-hydrogen) atoms. The van der Waals surface area contributed by atoms with Gasteiger partial charge in [0.25, 0.3) is 0 Å². The number of hydrogen-bond donors (Lipinski definition) is 0. The maximum Gasteiger partial charge on any atom is 0.211 e. The van der Waals surface area contributed by atoms with E-state index in [9.17, 15) is 8.42 Å². The average molecular weight is 406 g/mol. The first kappa shape index (κ1) is 18.4. The highest BCUT2D eigenvalue weighted by Crippen LogP contribution is 2.36. The van der Waals surface area contributed by atoms with E-state index in [4.69, 9.17) is 0 Å². The van der Waals surface area contributed by atoms with Crippen molar-refractivity contribution in [2.75, 3.05) is 0 Å². The molecular formula is C22H17N2O2S2+. The highest BCUT2D eigenvalue weighted by Gasteiger charge is 2.35. The maximum atomic E-state index is 13.4. The van der Waals surface area contributed by atoms with E-state index in [1.807, 2.05) is 42.5 Å². The first-order valence-electron chi connectivity index (χ1n) is 8.61. The van der Waals surface area contributed by atoms with Gasteiger partial charge in [-0.15, -0.1) is 0 Å². The quantitative estimate of drug-likeness (QED) is 0.462. The van der Waals surface area contributed by atoms with Crippen molar-refractivity contribution in [2.45, 2.75) is 24.5 Å². The second kappa shape index (κ2) is 7.96. The first-order chi connectivity index (χ1) is 13.7. The van der Waals surface area contributed by atoms with E-state index in [-0.39, 0.29) is 4.90 Å². The lowest BCUT2D eigenvalue weighted by atomic mass is 10.4. The molecule has 4 aromatic rings. The largest absolute Gasteiger partial charge is 0.264 e. The molecule has 2 aromatic carbocycles. The van der Waals surface area contributed by atoms with Crippen molar-refractivity contribution < 1.29 is 8.42 Å². The van der Waals surface area contributed by atoms with Crippen molar-refractivity contribution in [3.63, 3.8) is 0 Å². The molecule has 6 heteroatoms. The number of nitrogens with zero attached hydrogens (tertiary/aromatic N) is 2. The van der Waals surface area contributed by atoms with Crippen LogP contribution in [-0.4, -0.2) is 18.4 Å². The SMILES string of the molecule is O=S(=O)(c1ccccc1)c1ccccc1[S+](c1ccncc1)c1ccncc1. The molecule has 2 heterocycles. The van der Waals surface area contributed by atoms with Crippen LogP contribution < -0.4 is 0 Å². The number of sulfone groups is 1. The summed E-state index contributed by atoms with van der Waals surface area (Å²) in [5.74, 6) is 0. The molecule has 4 rings (SSSR count). The third-order valence-corrected chi connectivity index (χ3v) is 8.42. The van der Waals surface area contributed by atoms with Gasteiger partial charge < -0.3 is 0 Å². The van der Waals surface area contributed by atoms with Crippen LogP contribution in [0, 0.1) is 0 Å². The molecule has 138 valence electrons. The van der Waals surface area contributed by atoms with Crippen LogP contribution in [0.25, 0.3) is 0 Å². The lowest BCUT2D eigenvalue weighted by Gasteiger charge is -2.12. The highest BCUT2D eigenvalue weighted by atomic mass is 32.2. The summed E-state index contributed by atoms with van der Waals surface area (Å²) in [6, 6.07) is 23.5. The Bertz CT molecular complexity index is 1130. The van der Waals surface area contributed by atoms with Gasteiger partial charge in [0.05, 0.1) is 4.90 Å². The molecule has 0 aliphatic carbocycles. The predicted octanol–water partition coefficient (Wildman–Crippen LogP) is 4.40. The van der Waals surface area contributed by atoms with Gasteiger partial charge in [-0.2, -0.15) is 0 Å². The van der Waals surface area contributed by atoms with Gasteiger partial charge >= 0.3 is 0 Å². The van der Waals surface area contributed by atoms with E-state index < -0.39 is 20.7 Å². The summed E-state index contributed by atoms with van der Waals surface area (Å²) >= 11 is 0. The molecule has 4 nitrogen and oxygen atoms in total. The van der Waals surface area contributed by atoms with Crippen LogP contribution in [-0.2, 0) is 20.7 Å². The minimum absolute atomic E-state index is 0.287. The number of hydrogen-bond acceptors (Lipinski definition) is 4. The van der Waals surface area contributed by atoms with Gasteiger partial charge in [-0.3, -0.25) is 9.97 Å². The molecule has 0 atom stereocenters. The minimum Gasteiger partial charge on any atom is -0.264 e. The molecule has 2 aromatic heterocycles. The van der Waals surface area contributed by atoms with Crippen LogP contribution in [0.3, 0.4) is 0 Å². The Balaban J connectivity index is 1.95. The van der Waals surface area contributed by atoms with Gasteiger partial charge in [-0.05, 0) is 24.3 Å². The zero-order chi connectivity index (χ0) is 19.4. The van der Waals surface area contributed by atoms with Crippen LogP contribution in [0.1, 0.15) is 0 Å². The fourth-order valence-corrected chi connectivity index (χ4v) is 6.90. The van der Waals surface area contributed by atoms with Crippen LogP contribution in [0.5, 0.6) is 0 Å². The van der Waals surface area contributed by atoms with Gasteiger partial charge in [-0.25, -0.2) is 8.42 Å². The van der Waals surface area contributed by atoms with Gasteiger partial charge in [0.2, 0.25) is 9.84 Å². The van der Waals surface area contributed by atoms with Crippen molar-refractivity contribution in [3.8, 4) is 0 Å². The standard InChI is InChI=1S/C22H17N2O2S2/c25-28(26,20-6-2-1-3-7-20)22-9-5-4-8-21(22)27(18-10-14-23-15-11-18)19-12-16-24-17-13-19/h1-17H/q+1. The van der Waals surface area contributed by atoms with Crippen LogP contribution >= 0.6 is 0 Å². The van der Waals surface area contributed by atoms with Crippen LogP contribution in [0.2, 0.25) is 0 Å². The Morgan fingerprint density at radius 2 is 1.11 bits per heavy atom. The summed E-state index contributed by atoms with van der Waals surface area (Å²) in [6.45, 7) is 0. The molecule has 0 N–H and O–H groups in total. The summed E-state index contributed by atoms with van der Waals surface area (Å²) in [7, 11) is -4.26. The van der Waals surface area contributed by atoms with Gasteiger partial charge in [0, 0.05) is 49.1 Å². The summed E-state index contributed by atoms with van der Waals surface area (Å²) in [6.07, 6.45) is 6.91. The lowest BCUT2D eigenvalue weighted by Crippen LogP contribution is -2.12. The van der Waals surface area contributed by atoms with Crippen LogP contribution in [0.15, 0.2) is 128 Å². The second-order valence-electron chi connectivity index (χ2n) is 5.94.